The van der Waals surface area contributed by atoms with Gasteiger partial charge in [0.25, 0.3) is 5.91 Å². The number of anilines is 3. The summed E-state index contributed by atoms with van der Waals surface area (Å²) in [5, 5.41) is 6.84. The molecule has 4 aliphatic rings. The maximum atomic E-state index is 14.1. The van der Waals surface area contributed by atoms with Crippen molar-refractivity contribution in [3.05, 3.63) is 46.5 Å². The molecule has 1 aliphatic carbocycles. The molecule has 2 atom stereocenters. The number of nitrogens with zero attached hydrogens (tertiary/aromatic N) is 4. The Morgan fingerprint density at radius 3 is 2.61 bits per heavy atom. The summed E-state index contributed by atoms with van der Waals surface area (Å²) in [6.45, 7) is 4.67. The van der Waals surface area contributed by atoms with E-state index < -0.39 is 11.7 Å². The number of aryl methyl sites for hydroxylation is 1. The zero-order valence-electron chi connectivity index (χ0n) is 22.6. The third-order valence-electron chi connectivity index (χ3n) is 8.36. The number of carbonyl (C=O) groups excluding carboxylic acids is 1. The van der Waals surface area contributed by atoms with Gasteiger partial charge in [-0.2, -0.15) is 13.2 Å². The van der Waals surface area contributed by atoms with Gasteiger partial charge in [0, 0.05) is 66.0 Å². The van der Waals surface area contributed by atoms with Crippen LogP contribution in [-0.4, -0.2) is 64.3 Å². The van der Waals surface area contributed by atoms with Crippen molar-refractivity contribution in [1.82, 2.24) is 20.2 Å². The SMILES string of the molecule is CCc1cc(N2CC3CCC(C2)N3)ccc1Nc1ncc(C(F)(F)F)c(-c2cc3c(s2)C(=O)N(C2CC2)CCS3)n1. The number of halogens is 3. The van der Waals surface area contributed by atoms with Gasteiger partial charge in [-0.1, -0.05) is 6.92 Å². The molecule has 2 saturated heterocycles. The van der Waals surface area contributed by atoms with Crippen LogP contribution < -0.4 is 15.5 Å². The molecule has 3 aromatic rings. The van der Waals surface area contributed by atoms with Gasteiger partial charge in [-0.15, -0.1) is 23.1 Å². The number of piperazine rings is 1. The molecule has 0 spiro atoms. The lowest BCUT2D eigenvalue weighted by molar-refractivity contribution is -0.137. The number of aromatic nitrogens is 2. The van der Waals surface area contributed by atoms with Crippen LogP contribution >= 0.6 is 23.1 Å². The van der Waals surface area contributed by atoms with E-state index in [2.05, 4.69) is 44.6 Å². The van der Waals surface area contributed by atoms with Gasteiger partial charge in [0.2, 0.25) is 5.95 Å². The van der Waals surface area contributed by atoms with Crippen molar-refractivity contribution >= 4 is 46.3 Å². The molecule has 3 aliphatic heterocycles. The predicted octanol–water partition coefficient (Wildman–Crippen LogP) is 6.18. The van der Waals surface area contributed by atoms with Crippen LogP contribution in [0.3, 0.4) is 0 Å². The monoisotopic (exact) mass is 600 g/mol. The van der Waals surface area contributed by atoms with Crippen molar-refractivity contribution in [3.8, 4) is 10.6 Å². The molecule has 7 nitrogen and oxygen atoms in total. The van der Waals surface area contributed by atoms with Crippen LogP contribution in [0.1, 0.15) is 53.4 Å². The van der Waals surface area contributed by atoms with Gasteiger partial charge in [-0.25, -0.2) is 9.97 Å². The van der Waals surface area contributed by atoms with Crippen molar-refractivity contribution in [1.29, 1.82) is 0 Å². The first kappa shape index (κ1) is 27.0. The lowest BCUT2D eigenvalue weighted by Gasteiger charge is -2.35. The number of thiophene rings is 1. The van der Waals surface area contributed by atoms with Crippen LogP contribution in [0.25, 0.3) is 10.6 Å². The van der Waals surface area contributed by atoms with Gasteiger partial charge < -0.3 is 20.4 Å². The van der Waals surface area contributed by atoms with E-state index in [0.717, 1.165) is 77.5 Å². The predicted molar refractivity (Wildman–Crippen MR) is 156 cm³/mol. The number of hydrogen-bond acceptors (Lipinski definition) is 8. The summed E-state index contributed by atoms with van der Waals surface area (Å²) in [6, 6.07) is 9.16. The Bertz CT molecular complexity index is 1480. The molecule has 216 valence electrons. The first-order valence-electron chi connectivity index (χ1n) is 14.2. The molecular formula is C29H31F3N6OS2. The minimum absolute atomic E-state index is 0.0881. The number of alkyl halides is 3. The van der Waals surface area contributed by atoms with Crippen molar-refractivity contribution in [2.75, 3.05) is 35.6 Å². The highest BCUT2D eigenvalue weighted by Crippen LogP contribution is 2.44. The minimum Gasteiger partial charge on any atom is -0.368 e. The van der Waals surface area contributed by atoms with E-state index in [4.69, 9.17) is 0 Å². The highest BCUT2D eigenvalue weighted by atomic mass is 32.2. The molecule has 12 heteroatoms. The van der Waals surface area contributed by atoms with Crippen LogP contribution in [0.15, 0.2) is 35.4 Å². The lowest BCUT2D eigenvalue weighted by atomic mass is 10.1. The summed E-state index contributed by atoms with van der Waals surface area (Å²) < 4.78 is 42.3. The summed E-state index contributed by atoms with van der Waals surface area (Å²) in [7, 11) is 0. The van der Waals surface area contributed by atoms with E-state index in [9.17, 15) is 18.0 Å². The fraction of sp³-hybridized carbons (Fsp3) is 0.483. The molecule has 7 rings (SSSR count). The summed E-state index contributed by atoms with van der Waals surface area (Å²) in [5.41, 5.74) is 1.86. The third kappa shape index (κ3) is 5.30. The van der Waals surface area contributed by atoms with E-state index in [1.54, 1.807) is 6.07 Å². The Labute approximate surface area is 244 Å². The Balaban J connectivity index is 1.20. The second-order valence-electron chi connectivity index (χ2n) is 11.2. The molecule has 1 saturated carbocycles. The molecule has 0 radical (unpaired) electrons. The summed E-state index contributed by atoms with van der Waals surface area (Å²) in [4.78, 5) is 27.5. The highest BCUT2D eigenvalue weighted by molar-refractivity contribution is 7.99. The molecule has 1 amide bonds. The van der Waals surface area contributed by atoms with Crippen LogP contribution in [0, 0.1) is 0 Å². The number of thioether (sulfide) groups is 1. The number of nitrogens with one attached hydrogen (secondary N) is 2. The Hall–Kier alpha value is -2.83. The average Bonchev–Trinajstić information content (AvgIpc) is 3.65. The van der Waals surface area contributed by atoms with Gasteiger partial charge in [-0.05, 0) is 61.9 Å². The zero-order chi connectivity index (χ0) is 28.3. The third-order valence-corrected chi connectivity index (χ3v) is 10.6. The maximum Gasteiger partial charge on any atom is 0.420 e. The molecule has 2 unspecified atom stereocenters. The largest absolute Gasteiger partial charge is 0.420 e. The Morgan fingerprint density at radius 2 is 1.90 bits per heavy atom. The van der Waals surface area contributed by atoms with Crippen molar-refractivity contribution in [2.45, 2.75) is 68.2 Å². The zero-order valence-corrected chi connectivity index (χ0v) is 24.3. The van der Waals surface area contributed by atoms with Crippen molar-refractivity contribution < 1.29 is 18.0 Å². The number of hydrogen-bond donors (Lipinski definition) is 2. The van der Waals surface area contributed by atoms with E-state index in [1.807, 2.05) is 11.0 Å². The number of amides is 1. The van der Waals surface area contributed by atoms with E-state index >= 15 is 0 Å². The smallest absolute Gasteiger partial charge is 0.368 e. The number of benzene rings is 1. The van der Waals surface area contributed by atoms with Crippen LogP contribution in [-0.2, 0) is 12.6 Å². The van der Waals surface area contributed by atoms with E-state index in [-0.39, 0.29) is 23.6 Å². The molecule has 5 heterocycles. The first-order valence-corrected chi connectivity index (χ1v) is 16.0. The molecule has 2 aromatic heterocycles. The van der Waals surface area contributed by atoms with Gasteiger partial charge >= 0.3 is 6.18 Å². The molecule has 3 fully saturated rings. The quantitative estimate of drug-likeness (QED) is 0.350. The molecule has 2 N–H and O–H groups in total. The van der Waals surface area contributed by atoms with Crippen LogP contribution in [0.4, 0.5) is 30.5 Å². The van der Waals surface area contributed by atoms with Crippen LogP contribution in [0.5, 0.6) is 0 Å². The van der Waals surface area contributed by atoms with Gasteiger partial charge in [-0.3, -0.25) is 4.79 Å². The topological polar surface area (TPSA) is 73.4 Å². The number of rotatable bonds is 6. The maximum absolute atomic E-state index is 14.1. The second kappa shape index (κ2) is 10.5. The van der Waals surface area contributed by atoms with E-state index in [0.29, 0.717) is 28.4 Å². The van der Waals surface area contributed by atoms with Crippen molar-refractivity contribution in [3.63, 3.8) is 0 Å². The van der Waals surface area contributed by atoms with Gasteiger partial charge in [0.15, 0.2) is 0 Å². The Morgan fingerprint density at radius 1 is 1.12 bits per heavy atom. The molecule has 2 bridgehead atoms. The molecular weight excluding hydrogens is 569 g/mol. The fourth-order valence-electron chi connectivity index (χ4n) is 6.12. The summed E-state index contributed by atoms with van der Waals surface area (Å²) in [5.74, 6) is 0.729. The van der Waals surface area contributed by atoms with Crippen molar-refractivity contribution in [2.24, 2.45) is 0 Å². The Kier molecular flexibility index (Phi) is 6.90. The van der Waals surface area contributed by atoms with E-state index in [1.165, 1.54) is 24.6 Å². The first-order chi connectivity index (χ1) is 19.8. The fourth-order valence-corrected chi connectivity index (χ4v) is 8.44. The highest BCUT2D eigenvalue weighted by Gasteiger charge is 2.39. The minimum atomic E-state index is -4.63. The van der Waals surface area contributed by atoms with Crippen LogP contribution in [0.2, 0.25) is 0 Å². The lowest BCUT2D eigenvalue weighted by Crippen LogP contribution is -2.51. The molecule has 1 aromatic carbocycles. The second-order valence-corrected chi connectivity index (χ2v) is 13.4. The summed E-state index contributed by atoms with van der Waals surface area (Å²) >= 11 is 2.61. The summed E-state index contributed by atoms with van der Waals surface area (Å²) in [6.07, 6.45) is 1.34. The normalized spacial score (nSPS) is 22.6. The van der Waals surface area contributed by atoms with Gasteiger partial charge in [0.1, 0.15) is 10.4 Å². The standard InChI is InChI=1S/C29H31F3N6OS2/c1-2-16-11-20(37-14-17-3-4-18(15-37)34-17)7-8-22(16)35-28-33-13-21(29(30,31)32)25(36-28)23-12-24-26(41-23)27(39)38(9-10-40-24)19-5-6-19/h7-8,11-13,17-19,34H,2-6,9-10,14-15H2,1H3,(H,33,35,36). The molecule has 41 heavy (non-hydrogen) atoms. The average molecular weight is 601 g/mol. The number of fused-ring (bicyclic) bond motifs is 3. The van der Waals surface area contributed by atoms with Gasteiger partial charge in [0.05, 0.1) is 10.6 Å². The number of carbonyl (C=O) groups is 1.